The van der Waals surface area contributed by atoms with E-state index in [1.54, 1.807) is 12.1 Å². The topological polar surface area (TPSA) is 151 Å². The van der Waals surface area contributed by atoms with E-state index in [1.807, 2.05) is 6.07 Å². The van der Waals surface area contributed by atoms with E-state index in [1.165, 1.54) is 42.2 Å². The first kappa shape index (κ1) is 28.1. The summed E-state index contributed by atoms with van der Waals surface area (Å²) in [5.74, 6) is -1.42. The molecule has 3 aromatic rings. The lowest BCUT2D eigenvalue weighted by molar-refractivity contribution is -0.153. The smallest absolute Gasteiger partial charge is 0.422 e. The summed E-state index contributed by atoms with van der Waals surface area (Å²) in [5, 5.41) is 21.3. The van der Waals surface area contributed by atoms with Gasteiger partial charge in [-0.1, -0.05) is 12.1 Å². The first-order valence-corrected chi connectivity index (χ1v) is 12.1. The number of nitrogens with zero attached hydrogens (tertiary/aromatic N) is 4. The number of aromatic nitrogens is 3. The van der Waals surface area contributed by atoms with Crippen LogP contribution in [0, 0.1) is 11.3 Å². The number of likely N-dealkylation sites (N-methyl/N-ethyl adjacent to an activating group) is 1. The van der Waals surface area contributed by atoms with E-state index >= 15 is 0 Å². The van der Waals surface area contributed by atoms with Crippen molar-refractivity contribution in [2.45, 2.75) is 31.5 Å². The number of ether oxygens (including phenoxy) is 1. The third kappa shape index (κ3) is 6.73. The average Bonchev–Trinajstić information content (AvgIpc) is 3.33. The van der Waals surface area contributed by atoms with Gasteiger partial charge < -0.3 is 20.7 Å². The Morgan fingerprint density at radius 1 is 1.27 bits per heavy atom. The Labute approximate surface area is 226 Å². The van der Waals surface area contributed by atoms with E-state index < -0.39 is 30.5 Å². The highest BCUT2D eigenvalue weighted by molar-refractivity contribution is 6.08. The molecule has 1 aliphatic heterocycles. The standard InChI is InChI=1S/C26H24F3N7O4/c1-31-21(37)13-33-25(39)23-22-19(35-36(23)20-8-6-16(11-30)12-32-20)10-17(34-24(22)38)7-5-15-3-2-4-18(9-15)40-14-26(27,28)29/h2-4,6,8-9,12,17H,5,7,10,13-14H2,1H3,(H,31,37)(H,33,39)(H,34,38)/t17-/m0/s1. The Morgan fingerprint density at radius 2 is 2.08 bits per heavy atom. The summed E-state index contributed by atoms with van der Waals surface area (Å²) >= 11 is 0. The van der Waals surface area contributed by atoms with Crippen LogP contribution in [0.1, 0.15) is 44.1 Å². The molecule has 3 N–H and O–H groups in total. The number of amides is 3. The predicted octanol–water partition coefficient (Wildman–Crippen LogP) is 1.84. The van der Waals surface area contributed by atoms with Crippen LogP contribution in [0.2, 0.25) is 0 Å². The van der Waals surface area contributed by atoms with Crippen molar-refractivity contribution < 1.29 is 32.3 Å². The third-order valence-corrected chi connectivity index (χ3v) is 6.04. The largest absolute Gasteiger partial charge is 0.484 e. The molecule has 0 radical (unpaired) electrons. The van der Waals surface area contributed by atoms with Gasteiger partial charge in [0.2, 0.25) is 5.91 Å². The van der Waals surface area contributed by atoms with Crippen molar-refractivity contribution in [2.24, 2.45) is 0 Å². The highest BCUT2D eigenvalue weighted by Gasteiger charge is 2.35. The number of fused-ring (bicyclic) bond motifs is 1. The predicted molar refractivity (Wildman–Crippen MR) is 134 cm³/mol. The average molecular weight is 556 g/mol. The summed E-state index contributed by atoms with van der Waals surface area (Å²) in [4.78, 5) is 42.1. The van der Waals surface area contributed by atoms with Gasteiger partial charge in [-0.3, -0.25) is 14.4 Å². The van der Waals surface area contributed by atoms with Crippen LogP contribution in [0.15, 0.2) is 42.6 Å². The zero-order valence-electron chi connectivity index (χ0n) is 21.2. The number of rotatable bonds is 9. The molecule has 2 aromatic heterocycles. The Balaban J connectivity index is 1.55. The Morgan fingerprint density at radius 3 is 2.75 bits per heavy atom. The second kappa shape index (κ2) is 11.9. The van der Waals surface area contributed by atoms with Crippen molar-refractivity contribution in [3.8, 4) is 17.6 Å². The van der Waals surface area contributed by atoms with E-state index in [9.17, 15) is 27.6 Å². The number of halogens is 3. The van der Waals surface area contributed by atoms with Crippen molar-refractivity contribution in [1.82, 2.24) is 30.7 Å². The zero-order valence-corrected chi connectivity index (χ0v) is 21.2. The lowest BCUT2D eigenvalue weighted by Crippen LogP contribution is -2.43. The number of nitrogens with one attached hydrogen (secondary N) is 3. The molecule has 1 aliphatic rings. The van der Waals surface area contributed by atoms with Gasteiger partial charge in [-0.2, -0.15) is 23.5 Å². The van der Waals surface area contributed by atoms with Crippen LogP contribution in [-0.2, 0) is 17.6 Å². The molecule has 0 aliphatic carbocycles. The fourth-order valence-electron chi connectivity index (χ4n) is 4.14. The highest BCUT2D eigenvalue weighted by Crippen LogP contribution is 2.25. The van der Waals surface area contributed by atoms with Gasteiger partial charge in [-0.05, 0) is 42.7 Å². The van der Waals surface area contributed by atoms with Gasteiger partial charge in [0.1, 0.15) is 17.5 Å². The van der Waals surface area contributed by atoms with Crippen LogP contribution >= 0.6 is 0 Å². The van der Waals surface area contributed by atoms with Crippen LogP contribution in [0.5, 0.6) is 5.75 Å². The summed E-state index contributed by atoms with van der Waals surface area (Å²) in [6.07, 6.45) is -2.01. The minimum absolute atomic E-state index is 0.0411. The molecule has 208 valence electrons. The summed E-state index contributed by atoms with van der Waals surface area (Å²) in [5.41, 5.74) is 1.28. The van der Waals surface area contributed by atoms with Crippen molar-refractivity contribution in [1.29, 1.82) is 5.26 Å². The minimum atomic E-state index is -4.45. The molecular formula is C26H24F3N7O4. The van der Waals surface area contributed by atoms with E-state index in [0.717, 1.165) is 5.56 Å². The number of benzene rings is 1. The summed E-state index contributed by atoms with van der Waals surface area (Å²) in [6.45, 7) is -1.72. The molecule has 3 amide bonds. The van der Waals surface area contributed by atoms with Gasteiger partial charge in [-0.15, -0.1) is 0 Å². The summed E-state index contributed by atoms with van der Waals surface area (Å²) in [6, 6.07) is 10.8. The lowest BCUT2D eigenvalue weighted by atomic mass is 9.95. The van der Waals surface area contributed by atoms with Gasteiger partial charge >= 0.3 is 6.18 Å². The Bertz CT molecular complexity index is 1460. The van der Waals surface area contributed by atoms with Crippen molar-refractivity contribution in [3.63, 3.8) is 0 Å². The molecule has 14 heteroatoms. The van der Waals surface area contributed by atoms with Gasteiger partial charge in [0.15, 0.2) is 12.4 Å². The maximum absolute atomic E-state index is 13.2. The van der Waals surface area contributed by atoms with Crippen LogP contribution in [0.4, 0.5) is 13.2 Å². The fourth-order valence-corrected chi connectivity index (χ4v) is 4.14. The van der Waals surface area contributed by atoms with E-state index in [2.05, 4.69) is 26.0 Å². The molecule has 0 saturated carbocycles. The number of carbonyl (C=O) groups is 3. The van der Waals surface area contributed by atoms with Crippen LogP contribution in [0.25, 0.3) is 5.82 Å². The molecule has 3 heterocycles. The first-order chi connectivity index (χ1) is 19.1. The summed E-state index contributed by atoms with van der Waals surface area (Å²) < 4.78 is 43.4. The van der Waals surface area contributed by atoms with Gasteiger partial charge in [0.05, 0.1) is 23.4 Å². The molecule has 0 bridgehead atoms. The van der Waals surface area contributed by atoms with E-state index in [-0.39, 0.29) is 47.4 Å². The van der Waals surface area contributed by atoms with Crippen LogP contribution in [0.3, 0.4) is 0 Å². The number of aryl methyl sites for hydroxylation is 1. The fraction of sp³-hybridized carbons (Fsp3) is 0.308. The molecule has 1 atom stereocenters. The van der Waals surface area contributed by atoms with Gasteiger partial charge in [-0.25, -0.2) is 9.67 Å². The zero-order chi connectivity index (χ0) is 28.9. The maximum atomic E-state index is 13.2. The number of nitriles is 1. The summed E-state index contributed by atoms with van der Waals surface area (Å²) in [7, 11) is 1.42. The highest BCUT2D eigenvalue weighted by atomic mass is 19.4. The minimum Gasteiger partial charge on any atom is -0.484 e. The molecule has 4 rings (SSSR count). The second-order valence-electron chi connectivity index (χ2n) is 8.92. The molecular weight excluding hydrogens is 531 g/mol. The Hall–Kier alpha value is -4.93. The molecule has 11 nitrogen and oxygen atoms in total. The first-order valence-electron chi connectivity index (χ1n) is 12.1. The number of carbonyl (C=O) groups excluding carboxylic acids is 3. The second-order valence-corrected chi connectivity index (χ2v) is 8.92. The molecule has 40 heavy (non-hydrogen) atoms. The number of pyridine rings is 1. The Kier molecular flexibility index (Phi) is 8.32. The van der Waals surface area contributed by atoms with Gasteiger partial charge in [0, 0.05) is 25.7 Å². The number of alkyl halides is 3. The van der Waals surface area contributed by atoms with Crippen molar-refractivity contribution in [2.75, 3.05) is 20.2 Å². The quantitative estimate of drug-likeness (QED) is 0.365. The van der Waals surface area contributed by atoms with E-state index in [0.29, 0.717) is 18.5 Å². The monoisotopic (exact) mass is 555 g/mol. The third-order valence-electron chi connectivity index (χ3n) is 6.04. The molecule has 0 fully saturated rings. The van der Waals surface area contributed by atoms with Crippen molar-refractivity contribution >= 4 is 17.7 Å². The normalized spacial score (nSPS) is 14.5. The maximum Gasteiger partial charge on any atom is 0.422 e. The SMILES string of the molecule is CNC(=O)CNC(=O)c1c2c(nn1-c1ccc(C#N)cn1)C[C@H](CCc1cccc(OCC(F)(F)F)c1)NC2=O. The lowest BCUT2D eigenvalue weighted by Gasteiger charge is -2.23. The van der Waals surface area contributed by atoms with Gasteiger partial charge in [0.25, 0.3) is 11.8 Å². The molecule has 1 aromatic carbocycles. The molecule has 0 unspecified atom stereocenters. The number of hydrogen-bond acceptors (Lipinski definition) is 7. The van der Waals surface area contributed by atoms with Crippen molar-refractivity contribution in [3.05, 3.63) is 70.7 Å². The molecule has 0 spiro atoms. The van der Waals surface area contributed by atoms with E-state index in [4.69, 9.17) is 10.00 Å². The van der Waals surface area contributed by atoms with Crippen LogP contribution in [-0.4, -0.2) is 64.9 Å². The number of hydrogen-bond donors (Lipinski definition) is 3. The van der Waals surface area contributed by atoms with Crippen LogP contribution < -0.4 is 20.7 Å². The molecule has 0 saturated heterocycles.